The summed E-state index contributed by atoms with van der Waals surface area (Å²) in [5, 5.41) is 11.1. The highest BCUT2D eigenvalue weighted by Gasteiger charge is 2.24. The van der Waals surface area contributed by atoms with Gasteiger partial charge in [-0.05, 0) is 45.5 Å². The molecule has 50 heavy (non-hydrogen) atoms. The van der Waals surface area contributed by atoms with E-state index in [0.29, 0.717) is 5.95 Å². The normalized spacial score (nSPS) is 12.0. The second kappa shape index (κ2) is 10.6. The molecule has 0 unspecified atom stereocenters. The van der Waals surface area contributed by atoms with Crippen LogP contribution in [0.2, 0.25) is 0 Å². The lowest BCUT2D eigenvalue weighted by Crippen LogP contribution is -2.03. The first kappa shape index (κ1) is 27.6. The minimum Gasteiger partial charge on any atom is -0.277 e. The number of benzene rings is 8. The molecule has 8 aromatic carbocycles. The van der Waals surface area contributed by atoms with Crippen LogP contribution in [0.5, 0.6) is 0 Å². The first-order valence-electron chi connectivity index (χ1n) is 16.9. The summed E-state index contributed by atoms with van der Waals surface area (Å²) in [6.07, 6.45) is 0. The Labute approximate surface area is 291 Å². The number of hydrogen-bond acceptors (Lipinski definition) is 3. The Kier molecular flexibility index (Phi) is 5.83. The van der Waals surface area contributed by atoms with Crippen molar-refractivity contribution in [3.8, 4) is 28.3 Å². The number of aromatic nitrogens is 3. The number of fused-ring (bicyclic) bond motifs is 13. The summed E-state index contributed by atoms with van der Waals surface area (Å²) in [7, 11) is 0. The van der Waals surface area contributed by atoms with Gasteiger partial charge in [0, 0.05) is 47.3 Å². The van der Waals surface area contributed by atoms with Gasteiger partial charge in [0.25, 0.3) is 0 Å². The van der Waals surface area contributed by atoms with E-state index >= 15 is 0 Å². The van der Waals surface area contributed by atoms with Gasteiger partial charge in [0.1, 0.15) is 0 Å². The number of para-hydroxylation sites is 2. The highest BCUT2D eigenvalue weighted by molar-refractivity contribution is 7.27. The predicted octanol–water partition coefficient (Wildman–Crippen LogP) is 12.7. The van der Waals surface area contributed by atoms with Gasteiger partial charge in [-0.3, -0.25) is 4.57 Å². The van der Waals surface area contributed by atoms with Crippen LogP contribution in [0.1, 0.15) is 0 Å². The fraction of sp³-hybridized carbons (Fsp3) is 0. The van der Waals surface area contributed by atoms with Crippen molar-refractivity contribution in [3.05, 3.63) is 164 Å². The van der Waals surface area contributed by atoms with Crippen molar-refractivity contribution < 1.29 is 0 Å². The Morgan fingerprint density at radius 1 is 0.420 bits per heavy atom. The summed E-state index contributed by atoms with van der Waals surface area (Å²) >= 11 is 1.88. The number of hydrogen-bond donors (Lipinski definition) is 0. The van der Waals surface area contributed by atoms with Crippen molar-refractivity contribution in [3.63, 3.8) is 0 Å². The van der Waals surface area contributed by atoms with Gasteiger partial charge in [-0.25, -0.2) is 9.97 Å². The third-order valence-electron chi connectivity index (χ3n) is 10.2. The van der Waals surface area contributed by atoms with E-state index < -0.39 is 0 Å². The molecule has 0 aliphatic rings. The van der Waals surface area contributed by atoms with Crippen LogP contribution in [0.25, 0.3) is 103 Å². The van der Waals surface area contributed by atoms with E-state index in [0.717, 1.165) is 33.2 Å². The van der Waals surface area contributed by atoms with Crippen molar-refractivity contribution in [2.45, 2.75) is 0 Å². The second-order valence-corrected chi connectivity index (χ2v) is 14.0. The fourth-order valence-corrected chi connectivity index (χ4v) is 9.24. The zero-order chi connectivity index (χ0) is 32.8. The highest BCUT2D eigenvalue weighted by Crippen LogP contribution is 2.49. The Morgan fingerprint density at radius 3 is 1.90 bits per heavy atom. The maximum atomic E-state index is 5.49. The zero-order valence-electron chi connectivity index (χ0n) is 26.8. The molecule has 0 aliphatic carbocycles. The zero-order valence-corrected chi connectivity index (χ0v) is 27.7. The third-order valence-corrected chi connectivity index (χ3v) is 11.4. The van der Waals surface area contributed by atoms with E-state index in [1.54, 1.807) is 0 Å². The van der Waals surface area contributed by atoms with E-state index in [1.165, 1.54) is 63.6 Å². The average molecular weight is 654 g/mol. The molecule has 0 bridgehead atoms. The fourth-order valence-electron chi connectivity index (χ4n) is 7.98. The summed E-state index contributed by atoms with van der Waals surface area (Å²) in [5.41, 5.74) is 7.54. The van der Waals surface area contributed by atoms with E-state index in [-0.39, 0.29) is 0 Å². The third kappa shape index (κ3) is 3.91. The number of rotatable bonds is 3. The number of thiophene rings is 1. The molecular formula is C46H27N3S. The maximum absolute atomic E-state index is 5.49. The molecule has 3 aromatic heterocycles. The molecule has 11 aromatic rings. The summed E-state index contributed by atoms with van der Waals surface area (Å²) in [4.78, 5) is 10.8. The van der Waals surface area contributed by atoms with Gasteiger partial charge in [0.2, 0.25) is 5.95 Å². The largest absolute Gasteiger partial charge is 0.277 e. The second-order valence-electron chi connectivity index (χ2n) is 12.9. The monoisotopic (exact) mass is 653 g/mol. The first-order valence-corrected chi connectivity index (χ1v) is 17.7. The first-order chi connectivity index (χ1) is 24.8. The predicted molar refractivity (Wildman–Crippen MR) is 213 cm³/mol. The average Bonchev–Trinajstić information content (AvgIpc) is 3.75. The van der Waals surface area contributed by atoms with Crippen molar-refractivity contribution in [2.75, 3.05) is 0 Å². The van der Waals surface area contributed by atoms with Gasteiger partial charge in [0.15, 0.2) is 0 Å². The molecule has 0 radical (unpaired) electrons. The van der Waals surface area contributed by atoms with Gasteiger partial charge in [-0.15, -0.1) is 11.3 Å². The molecular weight excluding hydrogens is 627 g/mol. The van der Waals surface area contributed by atoms with Crippen LogP contribution in [0.3, 0.4) is 0 Å². The van der Waals surface area contributed by atoms with E-state index in [4.69, 9.17) is 9.97 Å². The highest BCUT2D eigenvalue weighted by atomic mass is 32.1. The summed E-state index contributed by atoms with van der Waals surface area (Å²) in [6, 6.07) is 58.6. The van der Waals surface area contributed by atoms with Gasteiger partial charge in [-0.2, -0.15) is 0 Å². The minimum atomic E-state index is 0.674. The lowest BCUT2D eigenvalue weighted by molar-refractivity contribution is 1.02. The van der Waals surface area contributed by atoms with Crippen LogP contribution >= 0.6 is 11.3 Å². The molecule has 0 amide bonds. The number of nitrogens with zero attached hydrogens (tertiary/aromatic N) is 3. The summed E-state index contributed by atoms with van der Waals surface area (Å²) < 4.78 is 4.91. The van der Waals surface area contributed by atoms with Gasteiger partial charge in [-0.1, -0.05) is 146 Å². The van der Waals surface area contributed by atoms with Crippen molar-refractivity contribution >= 4 is 85.8 Å². The van der Waals surface area contributed by atoms with Crippen molar-refractivity contribution in [1.82, 2.24) is 14.5 Å². The maximum Gasteiger partial charge on any atom is 0.235 e. The van der Waals surface area contributed by atoms with E-state index in [1.807, 2.05) is 11.3 Å². The van der Waals surface area contributed by atoms with E-state index in [2.05, 4.69) is 168 Å². The SMILES string of the molecule is c1ccc(-c2ccc(-c3nc(-n4c5ccccc5c5c6ccccc6c6sc7ccc8ccccc8c7c6c54)nc4ccccc34)cc2)cc1. The Morgan fingerprint density at radius 2 is 1.06 bits per heavy atom. The Balaban J connectivity index is 1.30. The molecule has 11 rings (SSSR count). The standard InChI is InChI=1S/C46H27N3S/c1-2-12-28(13-3-1)29-22-24-31(25-23-29)43-35-18-8-10-20-37(35)47-46(48-43)49-38-21-11-9-19-36(38)40-33-16-6-7-17-34(33)45-42(44(40)49)41-32-15-5-4-14-30(32)26-27-39(41)50-45/h1-27H. The smallest absolute Gasteiger partial charge is 0.235 e. The molecule has 0 fully saturated rings. The molecule has 0 saturated heterocycles. The minimum absolute atomic E-state index is 0.674. The summed E-state index contributed by atoms with van der Waals surface area (Å²) in [5.74, 6) is 0.674. The van der Waals surface area contributed by atoms with Crippen molar-refractivity contribution in [2.24, 2.45) is 0 Å². The molecule has 0 atom stereocenters. The molecule has 3 heterocycles. The van der Waals surface area contributed by atoms with Crippen LogP contribution in [0.4, 0.5) is 0 Å². The van der Waals surface area contributed by atoms with Crippen LogP contribution in [0, 0.1) is 0 Å². The van der Waals surface area contributed by atoms with Gasteiger partial charge >= 0.3 is 0 Å². The van der Waals surface area contributed by atoms with E-state index in [9.17, 15) is 0 Å². The molecule has 0 spiro atoms. The van der Waals surface area contributed by atoms with Crippen LogP contribution in [-0.2, 0) is 0 Å². The molecule has 0 N–H and O–H groups in total. The summed E-state index contributed by atoms with van der Waals surface area (Å²) in [6.45, 7) is 0. The topological polar surface area (TPSA) is 30.7 Å². The van der Waals surface area contributed by atoms with Gasteiger partial charge in [0.05, 0.1) is 22.2 Å². The lowest BCUT2D eigenvalue weighted by atomic mass is 9.97. The Bertz CT molecular complexity index is 3140. The van der Waals surface area contributed by atoms with Crippen LogP contribution < -0.4 is 0 Å². The molecule has 232 valence electrons. The van der Waals surface area contributed by atoms with Crippen LogP contribution in [-0.4, -0.2) is 14.5 Å². The van der Waals surface area contributed by atoms with Crippen LogP contribution in [0.15, 0.2) is 164 Å². The quantitative estimate of drug-likeness (QED) is 0.190. The molecule has 0 aliphatic heterocycles. The lowest BCUT2D eigenvalue weighted by Gasteiger charge is -2.13. The molecule has 4 heteroatoms. The van der Waals surface area contributed by atoms with Gasteiger partial charge < -0.3 is 0 Å². The van der Waals surface area contributed by atoms with Crippen molar-refractivity contribution in [1.29, 1.82) is 0 Å². The molecule has 0 saturated carbocycles. The Hall–Kier alpha value is -6.36. The molecule has 3 nitrogen and oxygen atoms in total.